The quantitative estimate of drug-likeness (QED) is 0.595. The minimum absolute atomic E-state index is 0.704. The minimum Gasteiger partial charge on any atom is -0.479 e. The molecule has 0 aromatic carbocycles. The highest BCUT2D eigenvalue weighted by Gasteiger charge is 2.19. The zero-order valence-corrected chi connectivity index (χ0v) is 6.62. The maximum atomic E-state index is 5.14. The second-order valence-electron chi connectivity index (χ2n) is 3.08. The van der Waals surface area contributed by atoms with Crippen LogP contribution in [-0.2, 0) is 4.74 Å². The van der Waals surface area contributed by atoms with Crippen LogP contribution in [0.15, 0.2) is 12.5 Å². The van der Waals surface area contributed by atoms with Crippen LogP contribution in [0.1, 0.15) is 12.8 Å². The molecule has 1 N–H and O–H groups in total. The SMILES string of the molecule is C1=CN(C2CCNCC2)CO1. The van der Waals surface area contributed by atoms with Gasteiger partial charge in [-0.1, -0.05) is 0 Å². The Morgan fingerprint density at radius 2 is 2.18 bits per heavy atom. The van der Waals surface area contributed by atoms with Gasteiger partial charge in [0.1, 0.15) is 6.26 Å². The van der Waals surface area contributed by atoms with Gasteiger partial charge in [-0.3, -0.25) is 0 Å². The average Bonchev–Trinajstić information content (AvgIpc) is 2.58. The van der Waals surface area contributed by atoms with E-state index in [-0.39, 0.29) is 0 Å². The Labute approximate surface area is 67.0 Å². The number of piperidine rings is 1. The first-order chi connectivity index (χ1) is 5.47. The predicted octanol–water partition coefficient (Wildman–Crippen LogP) is 0.499. The third-order valence-corrected chi connectivity index (χ3v) is 2.35. The molecule has 1 saturated heterocycles. The molecule has 3 heteroatoms. The van der Waals surface area contributed by atoms with Crippen molar-refractivity contribution < 1.29 is 4.74 Å². The lowest BCUT2D eigenvalue weighted by Crippen LogP contribution is -2.39. The average molecular weight is 154 g/mol. The fraction of sp³-hybridized carbons (Fsp3) is 0.750. The maximum Gasteiger partial charge on any atom is 0.160 e. The summed E-state index contributed by atoms with van der Waals surface area (Å²) in [5.74, 6) is 0. The Hall–Kier alpha value is -0.700. The van der Waals surface area contributed by atoms with Gasteiger partial charge in [0.25, 0.3) is 0 Å². The summed E-state index contributed by atoms with van der Waals surface area (Å²) < 4.78 is 5.14. The summed E-state index contributed by atoms with van der Waals surface area (Å²) in [6, 6.07) is 0.704. The van der Waals surface area contributed by atoms with Crippen molar-refractivity contribution in [2.45, 2.75) is 18.9 Å². The molecule has 3 nitrogen and oxygen atoms in total. The summed E-state index contributed by atoms with van der Waals surface area (Å²) in [6.45, 7) is 3.05. The van der Waals surface area contributed by atoms with Gasteiger partial charge in [-0.25, -0.2) is 0 Å². The van der Waals surface area contributed by atoms with E-state index < -0.39 is 0 Å². The van der Waals surface area contributed by atoms with E-state index in [1.54, 1.807) is 6.26 Å². The zero-order valence-electron chi connectivity index (χ0n) is 6.62. The molecule has 0 amide bonds. The molecular formula is C8H14N2O. The molecule has 1 fully saturated rings. The lowest BCUT2D eigenvalue weighted by molar-refractivity contribution is 0.121. The van der Waals surface area contributed by atoms with Crippen LogP contribution in [-0.4, -0.2) is 30.8 Å². The normalized spacial score (nSPS) is 25.6. The van der Waals surface area contributed by atoms with Gasteiger partial charge >= 0.3 is 0 Å². The van der Waals surface area contributed by atoms with E-state index in [0.29, 0.717) is 6.04 Å². The number of nitrogens with one attached hydrogen (secondary N) is 1. The highest BCUT2D eigenvalue weighted by molar-refractivity contribution is 4.87. The summed E-state index contributed by atoms with van der Waals surface area (Å²) in [5, 5.41) is 3.35. The molecule has 2 aliphatic rings. The smallest absolute Gasteiger partial charge is 0.160 e. The summed E-state index contributed by atoms with van der Waals surface area (Å²) >= 11 is 0. The molecule has 0 atom stereocenters. The van der Waals surface area contributed by atoms with Crippen molar-refractivity contribution in [2.24, 2.45) is 0 Å². The predicted molar refractivity (Wildman–Crippen MR) is 42.8 cm³/mol. The summed E-state index contributed by atoms with van der Waals surface area (Å²) in [6.07, 6.45) is 6.32. The molecule has 0 radical (unpaired) electrons. The van der Waals surface area contributed by atoms with E-state index in [1.807, 2.05) is 0 Å². The van der Waals surface area contributed by atoms with Crippen LogP contribution in [0.3, 0.4) is 0 Å². The molecular weight excluding hydrogens is 140 g/mol. The van der Waals surface area contributed by atoms with Crippen LogP contribution in [0.5, 0.6) is 0 Å². The van der Waals surface area contributed by atoms with E-state index in [4.69, 9.17) is 4.74 Å². The third kappa shape index (κ3) is 1.48. The Morgan fingerprint density at radius 1 is 1.36 bits per heavy atom. The van der Waals surface area contributed by atoms with E-state index in [1.165, 1.54) is 12.8 Å². The van der Waals surface area contributed by atoms with E-state index in [2.05, 4.69) is 16.4 Å². The number of hydrogen-bond acceptors (Lipinski definition) is 3. The summed E-state index contributed by atoms with van der Waals surface area (Å²) in [4.78, 5) is 2.28. The van der Waals surface area contributed by atoms with Crippen LogP contribution in [0.25, 0.3) is 0 Å². The topological polar surface area (TPSA) is 24.5 Å². The summed E-state index contributed by atoms with van der Waals surface area (Å²) in [7, 11) is 0. The Morgan fingerprint density at radius 3 is 2.82 bits per heavy atom. The molecule has 0 aromatic heterocycles. The van der Waals surface area contributed by atoms with Gasteiger partial charge in [0.2, 0.25) is 0 Å². The highest BCUT2D eigenvalue weighted by Crippen LogP contribution is 2.14. The molecule has 2 heterocycles. The van der Waals surface area contributed by atoms with Crippen molar-refractivity contribution in [3.63, 3.8) is 0 Å². The van der Waals surface area contributed by atoms with Crippen molar-refractivity contribution in [3.8, 4) is 0 Å². The standard InChI is InChI=1S/C8H14N2O/c1-3-9-4-2-8(1)10-5-6-11-7-10/h5-6,8-9H,1-4,7H2. The van der Waals surface area contributed by atoms with Crippen molar-refractivity contribution >= 4 is 0 Å². The number of ether oxygens (including phenoxy) is 1. The van der Waals surface area contributed by atoms with Gasteiger partial charge in [-0.15, -0.1) is 0 Å². The van der Waals surface area contributed by atoms with Gasteiger partial charge in [0, 0.05) is 12.2 Å². The number of hydrogen-bond donors (Lipinski definition) is 1. The van der Waals surface area contributed by atoms with E-state index in [9.17, 15) is 0 Å². The van der Waals surface area contributed by atoms with Gasteiger partial charge in [-0.05, 0) is 25.9 Å². The van der Waals surface area contributed by atoms with Gasteiger partial charge in [0.05, 0.1) is 0 Å². The molecule has 0 aliphatic carbocycles. The third-order valence-electron chi connectivity index (χ3n) is 2.35. The van der Waals surface area contributed by atoms with Crippen LogP contribution >= 0.6 is 0 Å². The fourth-order valence-corrected chi connectivity index (χ4v) is 1.66. The van der Waals surface area contributed by atoms with E-state index in [0.717, 1.165) is 19.8 Å². The number of rotatable bonds is 1. The Bertz CT molecular complexity index is 152. The Balaban J connectivity index is 1.87. The summed E-state index contributed by atoms with van der Waals surface area (Å²) in [5.41, 5.74) is 0. The molecule has 11 heavy (non-hydrogen) atoms. The highest BCUT2D eigenvalue weighted by atomic mass is 16.5. The fourth-order valence-electron chi connectivity index (χ4n) is 1.66. The largest absolute Gasteiger partial charge is 0.479 e. The van der Waals surface area contributed by atoms with Gasteiger partial charge in [-0.2, -0.15) is 0 Å². The lowest BCUT2D eigenvalue weighted by Gasteiger charge is -2.30. The van der Waals surface area contributed by atoms with Crippen LogP contribution in [0.2, 0.25) is 0 Å². The molecule has 2 rings (SSSR count). The molecule has 0 aromatic rings. The second-order valence-corrected chi connectivity index (χ2v) is 3.08. The lowest BCUT2D eigenvalue weighted by atomic mass is 10.1. The number of nitrogens with zero attached hydrogens (tertiary/aromatic N) is 1. The molecule has 0 spiro atoms. The molecule has 0 saturated carbocycles. The maximum absolute atomic E-state index is 5.14. The minimum atomic E-state index is 0.704. The van der Waals surface area contributed by atoms with Crippen LogP contribution < -0.4 is 5.32 Å². The first-order valence-electron chi connectivity index (χ1n) is 4.21. The molecule has 0 unspecified atom stereocenters. The first-order valence-corrected chi connectivity index (χ1v) is 4.21. The van der Waals surface area contributed by atoms with Crippen molar-refractivity contribution in [1.82, 2.24) is 10.2 Å². The molecule has 0 bridgehead atoms. The van der Waals surface area contributed by atoms with Crippen LogP contribution in [0.4, 0.5) is 0 Å². The second kappa shape index (κ2) is 3.13. The van der Waals surface area contributed by atoms with Gasteiger partial charge < -0.3 is 15.0 Å². The van der Waals surface area contributed by atoms with Crippen molar-refractivity contribution in [2.75, 3.05) is 19.8 Å². The monoisotopic (exact) mass is 154 g/mol. The van der Waals surface area contributed by atoms with Gasteiger partial charge in [0.15, 0.2) is 6.73 Å². The van der Waals surface area contributed by atoms with Crippen molar-refractivity contribution in [3.05, 3.63) is 12.5 Å². The van der Waals surface area contributed by atoms with Crippen molar-refractivity contribution in [1.29, 1.82) is 0 Å². The Kier molecular flexibility index (Phi) is 1.99. The molecule has 2 aliphatic heterocycles. The first kappa shape index (κ1) is 6.98. The zero-order chi connectivity index (χ0) is 7.52. The van der Waals surface area contributed by atoms with E-state index >= 15 is 0 Å². The van der Waals surface area contributed by atoms with Crippen LogP contribution in [0, 0.1) is 0 Å². The molecule has 62 valence electrons.